The Morgan fingerprint density at radius 2 is 2.05 bits per heavy atom. The van der Waals surface area contributed by atoms with Gasteiger partial charge in [0.15, 0.2) is 0 Å². The van der Waals surface area contributed by atoms with E-state index in [-0.39, 0.29) is 0 Å². The SMILES string of the molecule is CCCCC(CC)CNCc1ccc2c(c1)CNC2. The van der Waals surface area contributed by atoms with E-state index in [4.69, 9.17) is 0 Å². The minimum Gasteiger partial charge on any atom is -0.312 e. The summed E-state index contributed by atoms with van der Waals surface area (Å²) in [5.74, 6) is 0.844. The van der Waals surface area contributed by atoms with Gasteiger partial charge in [-0.1, -0.05) is 51.3 Å². The van der Waals surface area contributed by atoms with Crippen molar-refractivity contribution in [2.45, 2.75) is 59.2 Å². The molecule has 0 aromatic heterocycles. The second kappa shape index (κ2) is 7.66. The van der Waals surface area contributed by atoms with Crippen molar-refractivity contribution in [2.24, 2.45) is 5.92 Å². The molecule has 0 aliphatic carbocycles. The molecule has 0 saturated heterocycles. The van der Waals surface area contributed by atoms with Gasteiger partial charge in [-0.25, -0.2) is 0 Å². The van der Waals surface area contributed by atoms with E-state index in [1.807, 2.05) is 0 Å². The number of hydrogen-bond acceptors (Lipinski definition) is 2. The molecule has 0 amide bonds. The number of benzene rings is 1. The zero-order chi connectivity index (χ0) is 13.5. The highest BCUT2D eigenvalue weighted by molar-refractivity contribution is 5.34. The predicted octanol–water partition coefficient (Wildman–Crippen LogP) is 3.60. The highest BCUT2D eigenvalue weighted by Gasteiger charge is 2.10. The van der Waals surface area contributed by atoms with Crippen molar-refractivity contribution in [3.05, 3.63) is 34.9 Å². The molecule has 1 atom stereocenters. The molecule has 2 N–H and O–H groups in total. The third-order valence-corrected chi connectivity index (χ3v) is 4.21. The molecule has 1 aliphatic heterocycles. The lowest BCUT2D eigenvalue weighted by Gasteiger charge is -2.15. The minimum absolute atomic E-state index is 0.844. The van der Waals surface area contributed by atoms with Gasteiger partial charge >= 0.3 is 0 Å². The van der Waals surface area contributed by atoms with E-state index in [9.17, 15) is 0 Å². The third kappa shape index (κ3) is 4.32. The third-order valence-electron chi connectivity index (χ3n) is 4.21. The van der Waals surface area contributed by atoms with E-state index in [0.29, 0.717) is 0 Å². The summed E-state index contributed by atoms with van der Waals surface area (Å²) in [5, 5.41) is 7.03. The fraction of sp³-hybridized carbons (Fsp3) is 0.647. The van der Waals surface area contributed by atoms with Crippen LogP contribution < -0.4 is 10.6 Å². The van der Waals surface area contributed by atoms with Crippen molar-refractivity contribution in [2.75, 3.05) is 6.54 Å². The summed E-state index contributed by atoms with van der Waals surface area (Å²) in [6, 6.07) is 6.90. The predicted molar refractivity (Wildman–Crippen MR) is 82.0 cm³/mol. The number of fused-ring (bicyclic) bond motifs is 1. The maximum absolute atomic E-state index is 3.63. The minimum atomic E-state index is 0.844. The van der Waals surface area contributed by atoms with Crippen LogP contribution in [0.2, 0.25) is 0 Å². The molecule has 0 bridgehead atoms. The van der Waals surface area contributed by atoms with E-state index in [1.165, 1.54) is 42.4 Å². The van der Waals surface area contributed by atoms with Crippen LogP contribution in [-0.4, -0.2) is 6.54 Å². The molecule has 2 nitrogen and oxygen atoms in total. The standard InChI is InChI=1S/C17H28N2/c1-3-5-6-14(4-2)10-18-11-15-7-8-16-12-19-13-17(16)9-15/h7-9,14,18-19H,3-6,10-13H2,1-2H3. The van der Waals surface area contributed by atoms with Crippen molar-refractivity contribution in [3.63, 3.8) is 0 Å². The van der Waals surface area contributed by atoms with Crippen LogP contribution in [0.25, 0.3) is 0 Å². The topological polar surface area (TPSA) is 24.1 Å². The van der Waals surface area contributed by atoms with Crippen LogP contribution in [0.5, 0.6) is 0 Å². The Kier molecular flexibility index (Phi) is 5.87. The highest BCUT2D eigenvalue weighted by atomic mass is 14.9. The summed E-state index contributed by atoms with van der Waals surface area (Å²) in [6.45, 7) is 8.83. The van der Waals surface area contributed by atoms with Crippen molar-refractivity contribution in [1.82, 2.24) is 10.6 Å². The first-order valence-corrected chi connectivity index (χ1v) is 7.85. The molecule has 0 saturated carbocycles. The summed E-state index contributed by atoms with van der Waals surface area (Å²) in [5.41, 5.74) is 4.38. The Morgan fingerprint density at radius 1 is 1.21 bits per heavy atom. The van der Waals surface area contributed by atoms with E-state index in [0.717, 1.165) is 32.1 Å². The van der Waals surface area contributed by atoms with Crippen molar-refractivity contribution in [3.8, 4) is 0 Å². The second-order valence-corrected chi connectivity index (χ2v) is 5.75. The lowest BCUT2D eigenvalue weighted by atomic mass is 9.99. The lowest BCUT2D eigenvalue weighted by molar-refractivity contribution is 0.419. The Labute approximate surface area is 118 Å². The van der Waals surface area contributed by atoms with Gasteiger partial charge in [-0.05, 0) is 35.6 Å². The molecular formula is C17H28N2. The first kappa shape index (κ1) is 14.5. The Balaban J connectivity index is 1.75. The zero-order valence-electron chi connectivity index (χ0n) is 12.5. The Bertz CT molecular complexity index is 387. The molecule has 0 radical (unpaired) electrons. The molecule has 1 heterocycles. The number of hydrogen-bond donors (Lipinski definition) is 2. The monoisotopic (exact) mass is 260 g/mol. The molecule has 0 fully saturated rings. The van der Waals surface area contributed by atoms with Crippen LogP contribution in [-0.2, 0) is 19.6 Å². The average Bonchev–Trinajstić information content (AvgIpc) is 2.90. The van der Waals surface area contributed by atoms with Gasteiger partial charge in [0.1, 0.15) is 0 Å². The number of rotatable bonds is 8. The maximum Gasteiger partial charge on any atom is 0.0212 e. The maximum atomic E-state index is 3.63. The van der Waals surface area contributed by atoms with Crippen LogP contribution in [0.3, 0.4) is 0 Å². The largest absolute Gasteiger partial charge is 0.312 e. The fourth-order valence-corrected chi connectivity index (χ4v) is 2.82. The van der Waals surface area contributed by atoms with E-state index in [1.54, 1.807) is 0 Å². The summed E-state index contributed by atoms with van der Waals surface area (Å²) in [6.07, 6.45) is 5.34. The van der Waals surface area contributed by atoms with Crippen molar-refractivity contribution >= 4 is 0 Å². The summed E-state index contributed by atoms with van der Waals surface area (Å²) < 4.78 is 0. The Hall–Kier alpha value is -0.860. The van der Waals surface area contributed by atoms with Crippen LogP contribution in [0.15, 0.2) is 18.2 Å². The molecule has 1 unspecified atom stereocenters. The van der Waals surface area contributed by atoms with Crippen LogP contribution in [0.4, 0.5) is 0 Å². The average molecular weight is 260 g/mol. The molecule has 2 heteroatoms. The van der Waals surface area contributed by atoms with E-state index < -0.39 is 0 Å². The van der Waals surface area contributed by atoms with Gasteiger partial charge in [0.25, 0.3) is 0 Å². The molecular weight excluding hydrogens is 232 g/mol. The lowest BCUT2D eigenvalue weighted by Crippen LogP contribution is -2.22. The molecule has 1 aromatic carbocycles. The molecule has 106 valence electrons. The van der Waals surface area contributed by atoms with Gasteiger partial charge < -0.3 is 10.6 Å². The van der Waals surface area contributed by atoms with E-state index >= 15 is 0 Å². The second-order valence-electron chi connectivity index (χ2n) is 5.75. The van der Waals surface area contributed by atoms with Gasteiger partial charge in [0, 0.05) is 19.6 Å². The smallest absolute Gasteiger partial charge is 0.0212 e. The normalized spacial score (nSPS) is 15.5. The van der Waals surface area contributed by atoms with Gasteiger partial charge in [-0.2, -0.15) is 0 Å². The fourth-order valence-electron chi connectivity index (χ4n) is 2.82. The van der Waals surface area contributed by atoms with Crippen LogP contribution in [0, 0.1) is 5.92 Å². The zero-order valence-corrected chi connectivity index (χ0v) is 12.5. The first-order valence-electron chi connectivity index (χ1n) is 7.85. The van der Waals surface area contributed by atoms with E-state index in [2.05, 4.69) is 42.7 Å². The summed E-state index contributed by atoms with van der Waals surface area (Å²) in [7, 11) is 0. The van der Waals surface area contributed by atoms with Crippen molar-refractivity contribution in [1.29, 1.82) is 0 Å². The summed E-state index contributed by atoms with van der Waals surface area (Å²) in [4.78, 5) is 0. The van der Waals surface area contributed by atoms with Gasteiger partial charge in [0.2, 0.25) is 0 Å². The highest BCUT2D eigenvalue weighted by Crippen LogP contribution is 2.17. The van der Waals surface area contributed by atoms with Gasteiger partial charge in [0.05, 0.1) is 0 Å². The van der Waals surface area contributed by atoms with Gasteiger partial charge in [-0.15, -0.1) is 0 Å². The Morgan fingerprint density at radius 3 is 2.84 bits per heavy atom. The van der Waals surface area contributed by atoms with Gasteiger partial charge in [-0.3, -0.25) is 0 Å². The summed E-state index contributed by atoms with van der Waals surface area (Å²) >= 11 is 0. The van der Waals surface area contributed by atoms with Crippen molar-refractivity contribution < 1.29 is 0 Å². The van der Waals surface area contributed by atoms with Crippen LogP contribution >= 0.6 is 0 Å². The first-order chi connectivity index (χ1) is 9.33. The number of nitrogens with one attached hydrogen (secondary N) is 2. The van der Waals surface area contributed by atoms with Crippen LogP contribution in [0.1, 0.15) is 56.2 Å². The molecule has 2 rings (SSSR count). The molecule has 0 spiro atoms. The molecule has 1 aromatic rings. The molecule has 19 heavy (non-hydrogen) atoms. The quantitative estimate of drug-likeness (QED) is 0.746. The number of unbranched alkanes of at least 4 members (excludes halogenated alkanes) is 1. The molecule has 1 aliphatic rings.